The van der Waals surface area contributed by atoms with Crippen LogP contribution in [0.5, 0.6) is 0 Å². The van der Waals surface area contributed by atoms with E-state index in [1.807, 2.05) is 18.2 Å². The number of rotatable bonds is 8. The quantitative estimate of drug-likeness (QED) is 0.584. The van der Waals surface area contributed by atoms with Gasteiger partial charge in [0, 0.05) is 11.4 Å². The Hall–Kier alpha value is -1.69. The normalized spacial score (nSPS) is 12.6. The number of sulfone groups is 1. The molecule has 0 spiro atoms. The van der Waals surface area contributed by atoms with Gasteiger partial charge in [0.2, 0.25) is 0 Å². The summed E-state index contributed by atoms with van der Waals surface area (Å²) in [4.78, 5) is 12.8. The van der Waals surface area contributed by atoms with E-state index in [0.717, 1.165) is 16.7 Å². The molecule has 2 aromatic carbocycles. The molecule has 2 aromatic rings. The molecular weight excluding hydrogens is 420 g/mol. The van der Waals surface area contributed by atoms with Gasteiger partial charge in [-0.05, 0) is 66.1 Å². The lowest BCUT2D eigenvalue weighted by Crippen LogP contribution is -2.21. The largest absolute Gasteiger partial charge is 0.386 e. The molecule has 164 valence electrons. The van der Waals surface area contributed by atoms with Crippen LogP contribution in [0.1, 0.15) is 75.6 Å². The number of benzene rings is 2. The van der Waals surface area contributed by atoms with Crippen molar-refractivity contribution in [1.82, 2.24) is 0 Å². The second-order valence-electron chi connectivity index (χ2n) is 8.93. The predicted molar refractivity (Wildman–Crippen MR) is 122 cm³/mol. The molecule has 0 atom stereocenters. The first-order chi connectivity index (χ1) is 13.7. The summed E-state index contributed by atoms with van der Waals surface area (Å²) >= 11 is 6.08. The molecule has 0 aromatic heterocycles. The smallest absolute Gasteiger partial charge is 0.185 e. The van der Waals surface area contributed by atoms with Crippen molar-refractivity contribution in [2.24, 2.45) is 0 Å². The fraction of sp³-hybridized carbons (Fsp3) is 0.458. The Kier molecular flexibility index (Phi) is 7.54. The summed E-state index contributed by atoms with van der Waals surface area (Å²) in [6, 6.07) is 10.2. The summed E-state index contributed by atoms with van der Waals surface area (Å²) in [7, 11) is -3.90. The average molecular weight is 451 g/mol. The summed E-state index contributed by atoms with van der Waals surface area (Å²) in [6.45, 7) is 11.4. The summed E-state index contributed by atoms with van der Waals surface area (Å²) < 4.78 is 25.9. The van der Waals surface area contributed by atoms with Gasteiger partial charge < -0.3 is 5.11 Å². The lowest BCUT2D eigenvalue weighted by atomic mass is 9.86. The highest BCUT2D eigenvalue weighted by Gasteiger charge is 2.25. The Labute approximate surface area is 185 Å². The van der Waals surface area contributed by atoms with Crippen LogP contribution in [-0.4, -0.2) is 25.1 Å². The van der Waals surface area contributed by atoms with E-state index < -0.39 is 21.2 Å². The molecule has 0 radical (unpaired) electrons. The number of carbonyl (C=O) groups is 1. The maximum absolute atomic E-state index is 12.9. The minimum absolute atomic E-state index is 0.0540. The number of ketones is 1. The molecule has 0 aliphatic heterocycles. The maximum atomic E-state index is 12.9. The topological polar surface area (TPSA) is 71.4 Å². The van der Waals surface area contributed by atoms with E-state index in [9.17, 15) is 18.3 Å². The Morgan fingerprint density at radius 1 is 1.03 bits per heavy atom. The number of carbonyl (C=O) groups excluding carboxylic acids is 1. The molecule has 30 heavy (non-hydrogen) atoms. The van der Waals surface area contributed by atoms with Crippen LogP contribution < -0.4 is 0 Å². The Morgan fingerprint density at radius 3 is 2.03 bits per heavy atom. The summed E-state index contributed by atoms with van der Waals surface area (Å²) in [6.07, 6.45) is 0.0695. The monoisotopic (exact) mass is 450 g/mol. The molecule has 6 heteroatoms. The molecule has 2 rings (SSSR count). The van der Waals surface area contributed by atoms with Crippen molar-refractivity contribution in [2.75, 3.05) is 5.75 Å². The van der Waals surface area contributed by atoms with Crippen molar-refractivity contribution < 1.29 is 18.3 Å². The molecule has 0 bridgehead atoms. The molecule has 0 unspecified atom stereocenters. The van der Waals surface area contributed by atoms with E-state index in [4.69, 9.17) is 11.6 Å². The van der Waals surface area contributed by atoms with Crippen molar-refractivity contribution >= 4 is 27.2 Å². The standard InChI is InChI=1S/C24H31ClO4S/c1-15(2)21-8-7-9-22(16(3)4)23(21)13-19(26)14-30(28,29)20-11-17(24(5,6)27)10-18(25)12-20/h7-12,15-16,27H,13-14H2,1-6H3. The van der Waals surface area contributed by atoms with Gasteiger partial charge in [-0.1, -0.05) is 57.5 Å². The van der Waals surface area contributed by atoms with Crippen LogP contribution in [0.15, 0.2) is 41.3 Å². The first kappa shape index (κ1) is 24.6. The zero-order valence-electron chi connectivity index (χ0n) is 18.5. The Bertz CT molecular complexity index is 1010. The Balaban J connectivity index is 2.37. The van der Waals surface area contributed by atoms with Crippen molar-refractivity contribution in [3.63, 3.8) is 0 Å². The van der Waals surface area contributed by atoms with Gasteiger partial charge >= 0.3 is 0 Å². The van der Waals surface area contributed by atoms with E-state index in [1.165, 1.54) is 18.2 Å². The van der Waals surface area contributed by atoms with Crippen molar-refractivity contribution in [3.8, 4) is 0 Å². The molecule has 0 aliphatic rings. The van der Waals surface area contributed by atoms with Crippen molar-refractivity contribution in [1.29, 1.82) is 0 Å². The second-order valence-corrected chi connectivity index (χ2v) is 11.4. The number of hydrogen-bond acceptors (Lipinski definition) is 4. The molecule has 1 N–H and O–H groups in total. The summed E-state index contributed by atoms with van der Waals surface area (Å²) in [5, 5.41) is 10.4. The van der Waals surface area contributed by atoms with E-state index in [1.54, 1.807) is 13.8 Å². The Morgan fingerprint density at radius 2 is 1.57 bits per heavy atom. The van der Waals surface area contributed by atoms with Crippen LogP contribution in [0.4, 0.5) is 0 Å². The number of hydrogen-bond donors (Lipinski definition) is 1. The van der Waals surface area contributed by atoms with Gasteiger partial charge in [-0.3, -0.25) is 4.79 Å². The van der Waals surface area contributed by atoms with E-state index in [-0.39, 0.29) is 34.0 Å². The van der Waals surface area contributed by atoms with Crippen LogP contribution in [-0.2, 0) is 26.7 Å². The van der Waals surface area contributed by atoms with Crippen LogP contribution in [0, 0.1) is 0 Å². The third-order valence-corrected chi connectivity index (χ3v) is 7.03. The van der Waals surface area contributed by atoms with E-state index in [2.05, 4.69) is 27.7 Å². The fourth-order valence-electron chi connectivity index (χ4n) is 3.55. The third-order valence-electron chi connectivity index (χ3n) is 5.15. The predicted octanol–water partition coefficient (Wildman–Crippen LogP) is 5.40. The second kappa shape index (κ2) is 9.21. The zero-order chi connectivity index (χ0) is 22.9. The highest BCUT2D eigenvalue weighted by molar-refractivity contribution is 7.92. The SMILES string of the molecule is CC(C)c1cccc(C(C)C)c1CC(=O)CS(=O)(=O)c1cc(Cl)cc(C(C)(C)O)c1. The molecule has 0 heterocycles. The molecule has 0 saturated heterocycles. The fourth-order valence-corrected chi connectivity index (χ4v) is 5.15. The van der Waals surface area contributed by atoms with Gasteiger partial charge in [0.05, 0.1) is 10.5 Å². The van der Waals surface area contributed by atoms with Gasteiger partial charge in [0.1, 0.15) is 5.75 Å². The zero-order valence-corrected chi connectivity index (χ0v) is 20.1. The summed E-state index contributed by atoms with van der Waals surface area (Å²) in [5.41, 5.74) is 2.19. The first-order valence-electron chi connectivity index (χ1n) is 10.1. The number of halogens is 1. The van der Waals surface area contributed by atoms with Gasteiger partial charge in [0.15, 0.2) is 15.6 Å². The lowest BCUT2D eigenvalue weighted by molar-refractivity contribution is -0.116. The van der Waals surface area contributed by atoms with Crippen molar-refractivity contribution in [2.45, 2.75) is 70.3 Å². The lowest BCUT2D eigenvalue weighted by Gasteiger charge is -2.20. The van der Waals surface area contributed by atoms with Crippen LogP contribution in [0.3, 0.4) is 0 Å². The first-order valence-corrected chi connectivity index (χ1v) is 12.1. The van der Waals surface area contributed by atoms with Crippen LogP contribution in [0.25, 0.3) is 0 Å². The van der Waals surface area contributed by atoms with Gasteiger partial charge in [-0.25, -0.2) is 8.42 Å². The van der Waals surface area contributed by atoms with Crippen molar-refractivity contribution in [3.05, 3.63) is 63.7 Å². The van der Waals surface area contributed by atoms with E-state index >= 15 is 0 Å². The molecule has 0 aliphatic carbocycles. The minimum atomic E-state index is -3.90. The maximum Gasteiger partial charge on any atom is 0.185 e. The molecular formula is C24H31ClO4S. The third kappa shape index (κ3) is 5.93. The molecule has 0 saturated carbocycles. The van der Waals surface area contributed by atoms with Crippen LogP contribution >= 0.6 is 11.6 Å². The van der Waals surface area contributed by atoms with Gasteiger partial charge in [-0.15, -0.1) is 0 Å². The molecule has 4 nitrogen and oxygen atoms in total. The highest BCUT2D eigenvalue weighted by Crippen LogP contribution is 2.30. The number of Topliss-reactive ketones (excluding diaryl/α,β-unsaturated/α-hetero) is 1. The average Bonchev–Trinajstić information content (AvgIpc) is 2.59. The number of aliphatic hydroxyl groups is 1. The van der Waals surface area contributed by atoms with Gasteiger partial charge in [-0.2, -0.15) is 0 Å². The van der Waals surface area contributed by atoms with Gasteiger partial charge in [0.25, 0.3) is 0 Å². The minimum Gasteiger partial charge on any atom is -0.386 e. The molecule has 0 fully saturated rings. The van der Waals surface area contributed by atoms with Crippen LogP contribution in [0.2, 0.25) is 5.02 Å². The highest BCUT2D eigenvalue weighted by atomic mass is 35.5. The molecule has 0 amide bonds. The van der Waals surface area contributed by atoms with E-state index in [0.29, 0.717) is 5.56 Å². The summed E-state index contributed by atoms with van der Waals surface area (Å²) in [5.74, 6) is -0.520.